The van der Waals surface area contributed by atoms with Crippen LogP contribution in [0.4, 0.5) is 0 Å². The Morgan fingerprint density at radius 2 is 2.19 bits per heavy atom. The molecule has 31 heavy (non-hydrogen) atoms. The van der Waals surface area contributed by atoms with Crippen molar-refractivity contribution in [3.8, 4) is 23.3 Å². The van der Waals surface area contributed by atoms with Gasteiger partial charge in [-0.15, -0.1) is 11.8 Å². The number of rotatable bonds is 8. The van der Waals surface area contributed by atoms with Gasteiger partial charge in [-0.25, -0.2) is 0 Å². The molecule has 1 saturated carbocycles. The fourth-order valence-electron chi connectivity index (χ4n) is 4.28. The summed E-state index contributed by atoms with van der Waals surface area (Å²) in [5, 5.41) is 21.1. The zero-order chi connectivity index (χ0) is 22.5. The van der Waals surface area contributed by atoms with Crippen molar-refractivity contribution >= 4 is 5.91 Å². The number of nitrogens with zero attached hydrogens (tertiary/aromatic N) is 1. The molecule has 1 fully saturated rings. The number of carbonyl (C=O) groups is 1. The molecule has 0 bridgehead atoms. The molecule has 1 heterocycles. The number of amides is 1. The molecule has 6 atom stereocenters. The van der Waals surface area contributed by atoms with Gasteiger partial charge in [0.1, 0.15) is 6.10 Å². The fraction of sp³-hybridized carbons (Fsp3) is 0.560. The van der Waals surface area contributed by atoms with Gasteiger partial charge in [0, 0.05) is 44.3 Å². The summed E-state index contributed by atoms with van der Waals surface area (Å²) in [7, 11) is 3.45. The van der Waals surface area contributed by atoms with E-state index in [9.17, 15) is 15.0 Å². The van der Waals surface area contributed by atoms with Crippen molar-refractivity contribution < 1.29 is 24.5 Å². The van der Waals surface area contributed by atoms with Crippen molar-refractivity contribution in [2.24, 2.45) is 11.8 Å². The van der Waals surface area contributed by atoms with E-state index in [-0.39, 0.29) is 36.4 Å². The Hall–Kier alpha value is -2.49. The molecule has 0 saturated heterocycles. The van der Waals surface area contributed by atoms with E-state index in [0.717, 1.165) is 5.56 Å². The molecule has 1 aromatic rings. The second-order valence-corrected chi connectivity index (χ2v) is 8.61. The average Bonchev–Trinajstić information content (AvgIpc) is 3.25. The summed E-state index contributed by atoms with van der Waals surface area (Å²) in [6.45, 7) is 4.04. The first-order valence-electron chi connectivity index (χ1n) is 10.9. The van der Waals surface area contributed by atoms with Crippen molar-refractivity contribution in [1.82, 2.24) is 4.90 Å². The molecule has 0 spiro atoms. The number of ether oxygens (including phenoxy) is 2. The third-order valence-electron chi connectivity index (χ3n) is 6.16. The molecule has 0 aromatic heterocycles. The Morgan fingerprint density at radius 3 is 2.90 bits per heavy atom. The number of benzene rings is 1. The van der Waals surface area contributed by atoms with E-state index in [1.165, 1.54) is 0 Å². The van der Waals surface area contributed by atoms with Gasteiger partial charge in [-0.2, -0.15) is 0 Å². The molecule has 6 nitrogen and oxygen atoms in total. The van der Waals surface area contributed by atoms with Crippen LogP contribution in [0, 0.1) is 23.7 Å². The van der Waals surface area contributed by atoms with E-state index >= 15 is 0 Å². The van der Waals surface area contributed by atoms with Crippen LogP contribution in [0.2, 0.25) is 0 Å². The van der Waals surface area contributed by atoms with Gasteiger partial charge in [-0.1, -0.05) is 31.2 Å². The highest BCUT2D eigenvalue weighted by atomic mass is 16.5. The molecule has 2 N–H and O–H groups in total. The minimum atomic E-state index is -0.613. The lowest BCUT2D eigenvalue weighted by atomic mass is 9.87. The van der Waals surface area contributed by atoms with E-state index < -0.39 is 12.2 Å². The first-order chi connectivity index (χ1) is 14.8. The number of para-hydroxylation sites is 1. The van der Waals surface area contributed by atoms with Gasteiger partial charge in [-0.05, 0) is 18.9 Å². The Morgan fingerprint density at radius 1 is 1.42 bits per heavy atom. The van der Waals surface area contributed by atoms with Crippen LogP contribution in [0.25, 0.3) is 0 Å². The van der Waals surface area contributed by atoms with E-state index in [4.69, 9.17) is 9.47 Å². The Kier molecular flexibility index (Phi) is 7.64. The van der Waals surface area contributed by atoms with Gasteiger partial charge in [0.2, 0.25) is 5.91 Å². The third-order valence-corrected chi connectivity index (χ3v) is 6.16. The topological polar surface area (TPSA) is 79.2 Å². The van der Waals surface area contributed by atoms with E-state index in [2.05, 4.69) is 11.8 Å². The molecule has 3 rings (SSSR count). The predicted molar refractivity (Wildman–Crippen MR) is 119 cm³/mol. The second kappa shape index (κ2) is 10.2. The highest BCUT2D eigenvalue weighted by Crippen LogP contribution is 2.53. The summed E-state index contributed by atoms with van der Waals surface area (Å²) in [6.07, 6.45) is 3.89. The average molecular weight is 428 g/mol. The number of fused-ring (bicyclic) bond motifs is 3. The molecule has 1 amide bonds. The quantitative estimate of drug-likeness (QED) is 0.493. The van der Waals surface area contributed by atoms with Crippen molar-refractivity contribution in [2.45, 2.75) is 57.3 Å². The second-order valence-electron chi connectivity index (χ2n) is 8.61. The van der Waals surface area contributed by atoms with Crippen LogP contribution in [0.1, 0.15) is 44.6 Å². The molecular weight excluding hydrogens is 394 g/mol. The normalized spacial score (nSPS) is 25.7. The zero-order valence-corrected chi connectivity index (χ0v) is 18.7. The fourth-order valence-corrected chi connectivity index (χ4v) is 4.28. The molecule has 1 aromatic carbocycles. The van der Waals surface area contributed by atoms with Crippen LogP contribution >= 0.6 is 0 Å². The summed E-state index contributed by atoms with van der Waals surface area (Å²) >= 11 is 0. The molecule has 1 aliphatic heterocycles. The highest BCUT2D eigenvalue weighted by molar-refractivity contribution is 5.75. The smallest absolute Gasteiger partial charge is 0.225 e. The van der Waals surface area contributed by atoms with Crippen molar-refractivity contribution in [2.75, 3.05) is 20.7 Å². The summed E-state index contributed by atoms with van der Waals surface area (Å²) in [5.41, 5.74) is 1.01. The predicted octanol–water partition coefficient (Wildman–Crippen LogP) is 2.74. The molecule has 2 aliphatic rings. The van der Waals surface area contributed by atoms with Crippen LogP contribution in [-0.2, 0) is 4.79 Å². The minimum Gasteiger partial charge on any atom is -0.489 e. The number of carbonyl (C=O) groups excluding carboxylic acids is 1. The van der Waals surface area contributed by atoms with Gasteiger partial charge >= 0.3 is 0 Å². The van der Waals surface area contributed by atoms with Gasteiger partial charge in [0.15, 0.2) is 11.5 Å². The Bertz CT molecular complexity index is 868. The van der Waals surface area contributed by atoms with Gasteiger partial charge < -0.3 is 24.6 Å². The lowest BCUT2D eigenvalue weighted by Gasteiger charge is -2.19. The molecule has 6 heteroatoms. The maximum Gasteiger partial charge on any atom is 0.225 e. The number of aliphatic hydroxyl groups excluding tert-OH is 2. The summed E-state index contributed by atoms with van der Waals surface area (Å²) < 4.78 is 12.0. The maximum absolute atomic E-state index is 11.8. The molecule has 168 valence electrons. The van der Waals surface area contributed by atoms with Gasteiger partial charge in [0.25, 0.3) is 0 Å². The number of hydrogen-bond donors (Lipinski definition) is 2. The van der Waals surface area contributed by atoms with Gasteiger partial charge in [-0.3, -0.25) is 4.79 Å². The Labute approximate surface area is 184 Å². The summed E-state index contributed by atoms with van der Waals surface area (Å²) in [4.78, 5) is 13.3. The first kappa shape index (κ1) is 23.2. The Balaban J connectivity index is 1.72. The van der Waals surface area contributed by atoms with E-state index in [1.807, 2.05) is 31.2 Å². The molecular formula is C25H33NO5. The van der Waals surface area contributed by atoms with Gasteiger partial charge in [0.05, 0.1) is 25.2 Å². The van der Waals surface area contributed by atoms with Crippen LogP contribution < -0.4 is 9.47 Å². The molecule has 0 radical (unpaired) electrons. The zero-order valence-electron chi connectivity index (χ0n) is 18.7. The van der Waals surface area contributed by atoms with E-state index in [0.29, 0.717) is 30.8 Å². The minimum absolute atomic E-state index is 0.00569. The highest BCUT2D eigenvalue weighted by Gasteiger charge is 2.49. The molecule has 0 unspecified atom stereocenters. The third kappa shape index (κ3) is 5.23. The molecule has 1 aliphatic carbocycles. The van der Waals surface area contributed by atoms with Crippen LogP contribution in [0.15, 0.2) is 30.4 Å². The largest absolute Gasteiger partial charge is 0.489 e. The SMILES string of the molecule is CC#CC[C@H](C)[C@H](O)C=C[C@@H]1[C@H]2c3cccc(OCCC(=O)N(C)C)c3O[C@H]2C[C@H]1O. The van der Waals surface area contributed by atoms with Crippen LogP contribution in [-0.4, -0.2) is 60.0 Å². The lowest BCUT2D eigenvalue weighted by Crippen LogP contribution is -2.23. The van der Waals surface area contributed by atoms with Crippen LogP contribution in [0.3, 0.4) is 0 Å². The van der Waals surface area contributed by atoms with Crippen molar-refractivity contribution in [1.29, 1.82) is 0 Å². The maximum atomic E-state index is 11.8. The summed E-state index contributed by atoms with van der Waals surface area (Å²) in [5.74, 6) is 7.08. The number of aliphatic hydroxyl groups is 2. The monoisotopic (exact) mass is 427 g/mol. The number of hydrogen-bond acceptors (Lipinski definition) is 5. The van der Waals surface area contributed by atoms with Crippen molar-refractivity contribution in [3.63, 3.8) is 0 Å². The van der Waals surface area contributed by atoms with Crippen molar-refractivity contribution in [3.05, 3.63) is 35.9 Å². The first-order valence-corrected chi connectivity index (χ1v) is 10.9. The summed E-state index contributed by atoms with van der Waals surface area (Å²) in [6, 6.07) is 5.77. The van der Waals surface area contributed by atoms with E-state index in [1.54, 1.807) is 32.0 Å². The van der Waals surface area contributed by atoms with Crippen LogP contribution in [0.5, 0.6) is 11.5 Å². The lowest BCUT2D eigenvalue weighted by molar-refractivity contribution is -0.129. The standard InChI is InChI=1S/C25H33NO5/c1-5-6-8-16(2)19(27)12-11-17-20(28)15-22-24(17)18-9-7-10-21(25(18)31-22)30-14-13-23(29)26(3)4/h7,9-12,16-17,19-20,22,24,27-28H,8,13-15H2,1-4H3/t16-,17-,19+,20+,22-,24-/m0/s1.